The van der Waals surface area contributed by atoms with Gasteiger partial charge in [0, 0.05) is 0 Å². The van der Waals surface area contributed by atoms with Gasteiger partial charge in [0.05, 0.1) is 25.3 Å². The number of rotatable bonds is 2. The van der Waals surface area contributed by atoms with Crippen molar-refractivity contribution in [1.82, 2.24) is 0 Å². The second-order valence-corrected chi connectivity index (χ2v) is 3.47. The molecule has 1 rings (SSSR count). The number of ether oxygens (including phenoxy) is 2. The van der Waals surface area contributed by atoms with Gasteiger partial charge in [-0.25, -0.2) is 9.59 Å². The van der Waals surface area contributed by atoms with Crippen molar-refractivity contribution in [3.05, 3.63) is 34.4 Å². The lowest BCUT2D eigenvalue weighted by Gasteiger charge is -2.09. The summed E-state index contributed by atoms with van der Waals surface area (Å²) in [5.74, 6) is -0.912. The van der Waals surface area contributed by atoms with E-state index in [1.165, 1.54) is 20.3 Å². The minimum absolute atomic E-state index is 0.383. The van der Waals surface area contributed by atoms with Gasteiger partial charge in [-0.05, 0) is 31.0 Å². The Hall–Kier alpha value is -1.84. The fourth-order valence-corrected chi connectivity index (χ4v) is 1.51. The number of hydrogen-bond acceptors (Lipinski definition) is 4. The van der Waals surface area contributed by atoms with Crippen LogP contribution >= 0.6 is 0 Å². The topological polar surface area (TPSA) is 52.6 Å². The predicted octanol–water partition coefficient (Wildman–Crippen LogP) is 1.88. The summed E-state index contributed by atoms with van der Waals surface area (Å²) in [7, 11) is 2.61. The first-order chi connectivity index (χ1) is 7.51. The molecule has 0 aliphatic heterocycles. The molecule has 0 heterocycles. The van der Waals surface area contributed by atoms with Crippen LogP contribution in [-0.2, 0) is 9.47 Å². The SMILES string of the molecule is COC(=O)c1cc(C(=O)OC)c(C)cc1C. The molecule has 0 saturated heterocycles. The van der Waals surface area contributed by atoms with Crippen LogP contribution in [0.25, 0.3) is 0 Å². The maximum atomic E-state index is 11.4. The maximum absolute atomic E-state index is 11.4. The maximum Gasteiger partial charge on any atom is 0.338 e. The summed E-state index contributed by atoms with van der Waals surface area (Å²) in [6, 6.07) is 3.26. The fraction of sp³-hybridized carbons (Fsp3) is 0.333. The molecule has 0 saturated carbocycles. The Balaban J connectivity index is 3.32. The van der Waals surface area contributed by atoms with Gasteiger partial charge in [0.15, 0.2) is 0 Å². The first kappa shape index (κ1) is 12.2. The van der Waals surface area contributed by atoms with E-state index in [4.69, 9.17) is 0 Å². The van der Waals surface area contributed by atoms with E-state index in [0.29, 0.717) is 11.1 Å². The van der Waals surface area contributed by atoms with Gasteiger partial charge in [-0.1, -0.05) is 6.07 Å². The molecule has 0 bridgehead atoms. The van der Waals surface area contributed by atoms with E-state index in [0.717, 1.165) is 11.1 Å². The van der Waals surface area contributed by atoms with Crippen molar-refractivity contribution >= 4 is 11.9 Å². The van der Waals surface area contributed by atoms with Crippen LogP contribution in [0.1, 0.15) is 31.8 Å². The van der Waals surface area contributed by atoms with Gasteiger partial charge in [0.1, 0.15) is 0 Å². The average molecular weight is 222 g/mol. The molecule has 0 N–H and O–H groups in total. The molecule has 0 aliphatic rings. The lowest BCUT2D eigenvalue weighted by Crippen LogP contribution is -2.10. The monoisotopic (exact) mass is 222 g/mol. The highest BCUT2D eigenvalue weighted by molar-refractivity contribution is 5.97. The van der Waals surface area contributed by atoms with Gasteiger partial charge in [0.25, 0.3) is 0 Å². The molecule has 4 nitrogen and oxygen atoms in total. The van der Waals surface area contributed by atoms with E-state index in [2.05, 4.69) is 9.47 Å². The van der Waals surface area contributed by atoms with Crippen molar-refractivity contribution in [2.75, 3.05) is 14.2 Å². The Labute approximate surface area is 94.2 Å². The van der Waals surface area contributed by atoms with Gasteiger partial charge in [-0.2, -0.15) is 0 Å². The van der Waals surface area contributed by atoms with E-state index >= 15 is 0 Å². The standard InChI is InChI=1S/C12H14O4/c1-7-5-8(2)10(12(14)16-4)6-9(7)11(13)15-3/h5-6H,1-4H3. The van der Waals surface area contributed by atoms with E-state index < -0.39 is 11.9 Å². The summed E-state index contributed by atoms with van der Waals surface area (Å²) in [6.45, 7) is 3.58. The number of carbonyl (C=O) groups is 2. The van der Waals surface area contributed by atoms with Crippen LogP contribution in [0.15, 0.2) is 12.1 Å². The highest BCUT2D eigenvalue weighted by atomic mass is 16.5. The van der Waals surface area contributed by atoms with Crippen LogP contribution in [0, 0.1) is 13.8 Å². The second-order valence-electron chi connectivity index (χ2n) is 3.47. The number of benzene rings is 1. The zero-order chi connectivity index (χ0) is 12.3. The molecule has 86 valence electrons. The van der Waals surface area contributed by atoms with Crippen LogP contribution in [0.4, 0.5) is 0 Å². The summed E-state index contributed by atoms with van der Waals surface area (Å²) in [5.41, 5.74) is 2.32. The first-order valence-electron chi connectivity index (χ1n) is 4.79. The molecule has 1 aromatic rings. The minimum Gasteiger partial charge on any atom is -0.465 e. The van der Waals surface area contributed by atoms with E-state index in [-0.39, 0.29) is 0 Å². The molecule has 0 spiro atoms. The van der Waals surface area contributed by atoms with Crippen molar-refractivity contribution in [2.45, 2.75) is 13.8 Å². The number of methoxy groups -OCH3 is 2. The number of aryl methyl sites for hydroxylation is 2. The molecule has 0 amide bonds. The molecule has 0 unspecified atom stereocenters. The fourth-order valence-electron chi connectivity index (χ4n) is 1.51. The van der Waals surface area contributed by atoms with Crippen LogP contribution in [0.2, 0.25) is 0 Å². The Morgan fingerprint density at radius 3 is 1.56 bits per heavy atom. The lowest BCUT2D eigenvalue weighted by molar-refractivity contribution is 0.0598. The van der Waals surface area contributed by atoms with E-state index in [1.54, 1.807) is 19.9 Å². The molecule has 0 aliphatic carbocycles. The quantitative estimate of drug-likeness (QED) is 0.717. The van der Waals surface area contributed by atoms with E-state index in [1.807, 2.05) is 0 Å². The summed E-state index contributed by atoms with van der Waals surface area (Å²) in [5, 5.41) is 0. The molecular weight excluding hydrogens is 208 g/mol. The van der Waals surface area contributed by atoms with Gasteiger partial charge >= 0.3 is 11.9 Å². The Bertz CT molecular complexity index is 398. The molecule has 4 heteroatoms. The summed E-state index contributed by atoms with van der Waals surface area (Å²) >= 11 is 0. The van der Waals surface area contributed by atoms with Gasteiger partial charge in [-0.3, -0.25) is 0 Å². The van der Waals surface area contributed by atoms with Gasteiger partial charge < -0.3 is 9.47 Å². The van der Waals surface area contributed by atoms with Crippen LogP contribution in [0.3, 0.4) is 0 Å². The number of esters is 2. The number of hydrogen-bond donors (Lipinski definition) is 0. The van der Waals surface area contributed by atoms with Crippen LogP contribution in [-0.4, -0.2) is 26.2 Å². The van der Waals surface area contributed by atoms with Crippen molar-refractivity contribution in [1.29, 1.82) is 0 Å². The highest BCUT2D eigenvalue weighted by Crippen LogP contribution is 2.17. The second kappa shape index (κ2) is 4.79. The summed E-state index contributed by atoms with van der Waals surface area (Å²) in [6.07, 6.45) is 0. The Morgan fingerprint density at radius 1 is 0.875 bits per heavy atom. The largest absolute Gasteiger partial charge is 0.465 e. The lowest BCUT2D eigenvalue weighted by atomic mass is 10.00. The highest BCUT2D eigenvalue weighted by Gasteiger charge is 2.16. The zero-order valence-electron chi connectivity index (χ0n) is 9.79. The summed E-state index contributed by atoms with van der Waals surface area (Å²) in [4.78, 5) is 22.9. The summed E-state index contributed by atoms with van der Waals surface area (Å²) < 4.78 is 9.27. The van der Waals surface area contributed by atoms with Crippen molar-refractivity contribution in [2.24, 2.45) is 0 Å². The Morgan fingerprint density at radius 2 is 1.25 bits per heavy atom. The van der Waals surface area contributed by atoms with Crippen molar-refractivity contribution in [3.63, 3.8) is 0 Å². The predicted molar refractivity (Wildman–Crippen MR) is 58.6 cm³/mol. The third-order valence-electron chi connectivity index (χ3n) is 2.38. The third kappa shape index (κ3) is 2.21. The molecule has 0 radical (unpaired) electrons. The molecule has 0 aromatic heterocycles. The molecule has 0 atom stereocenters. The molecule has 16 heavy (non-hydrogen) atoms. The van der Waals surface area contributed by atoms with Crippen molar-refractivity contribution < 1.29 is 19.1 Å². The molecule has 1 aromatic carbocycles. The minimum atomic E-state index is -0.456. The average Bonchev–Trinajstić information content (AvgIpc) is 2.27. The molecular formula is C12H14O4. The zero-order valence-corrected chi connectivity index (χ0v) is 9.79. The molecule has 0 fully saturated rings. The smallest absolute Gasteiger partial charge is 0.338 e. The van der Waals surface area contributed by atoms with E-state index in [9.17, 15) is 9.59 Å². The normalized spacial score (nSPS) is 9.75. The van der Waals surface area contributed by atoms with Crippen LogP contribution in [0.5, 0.6) is 0 Å². The number of carbonyl (C=O) groups excluding carboxylic acids is 2. The third-order valence-corrected chi connectivity index (χ3v) is 2.38. The van der Waals surface area contributed by atoms with Crippen molar-refractivity contribution in [3.8, 4) is 0 Å². The van der Waals surface area contributed by atoms with Crippen LogP contribution < -0.4 is 0 Å². The Kier molecular flexibility index (Phi) is 3.66. The van der Waals surface area contributed by atoms with Gasteiger partial charge in [-0.15, -0.1) is 0 Å². The first-order valence-corrected chi connectivity index (χ1v) is 4.79. The van der Waals surface area contributed by atoms with Gasteiger partial charge in [0.2, 0.25) is 0 Å².